The Balaban J connectivity index is 1.59. The molecule has 1 atom stereocenters. The summed E-state index contributed by atoms with van der Waals surface area (Å²) in [5.74, 6) is -1.17. The third-order valence-corrected chi connectivity index (χ3v) is 6.83. The van der Waals surface area contributed by atoms with Crippen LogP contribution in [0.15, 0.2) is 53.4 Å². The van der Waals surface area contributed by atoms with Crippen molar-refractivity contribution in [2.45, 2.75) is 37.6 Å². The number of nitrogens with zero attached hydrogens (tertiary/aromatic N) is 2. The average Bonchev–Trinajstić information content (AvgIpc) is 3.25. The quantitative estimate of drug-likeness (QED) is 0.473. The highest BCUT2D eigenvalue weighted by atomic mass is 32.2. The predicted octanol–water partition coefficient (Wildman–Crippen LogP) is 3.58. The number of amides is 2. The van der Waals surface area contributed by atoms with Crippen molar-refractivity contribution in [1.82, 2.24) is 5.32 Å². The summed E-state index contributed by atoms with van der Waals surface area (Å²) in [6.45, 7) is 5.43. The summed E-state index contributed by atoms with van der Waals surface area (Å²) < 4.78 is 5.18. The minimum Gasteiger partial charge on any atom is -0.452 e. The highest BCUT2D eigenvalue weighted by molar-refractivity contribution is 8.00. The van der Waals surface area contributed by atoms with E-state index in [2.05, 4.69) is 11.4 Å². The van der Waals surface area contributed by atoms with E-state index in [0.717, 1.165) is 17.7 Å². The maximum absolute atomic E-state index is 12.8. The minimum atomic E-state index is -1.05. The minimum absolute atomic E-state index is 0.0306. The predicted molar refractivity (Wildman–Crippen MR) is 127 cm³/mol. The number of carbonyl (C=O) groups is 3. The molecule has 0 saturated heterocycles. The number of ether oxygens (including phenoxy) is 1. The van der Waals surface area contributed by atoms with E-state index in [0.29, 0.717) is 11.4 Å². The molecule has 0 saturated carbocycles. The fraction of sp³-hybridized carbons (Fsp3) is 0.360. The van der Waals surface area contributed by atoms with Crippen molar-refractivity contribution in [3.8, 4) is 6.07 Å². The van der Waals surface area contributed by atoms with Crippen LogP contribution in [0.4, 0.5) is 5.69 Å². The van der Waals surface area contributed by atoms with Crippen LogP contribution in [-0.2, 0) is 20.7 Å². The number of nitrogens with one attached hydrogen (secondary N) is 1. The lowest BCUT2D eigenvalue weighted by Gasteiger charge is -2.27. The summed E-state index contributed by atoms with van der Waals surface area (Å²) in [6.07, 6.45) is 0.833. The average molecular weight is 466 g/mol. The summed E-state index contributed by atoms with van der Waals surface area (Å²) >= 11 is 1.26. The van der Waals surface area contributed by atoms with Crippen molar-refractivity contribution in [2.24, 2.45) is 5.92 Å². The summed E-state index contributed by atoms with van der Waals surface area (Å²) in [5, 5.41) is 11.9. The van der Waals surface area contributed by atoms with Gasteiger partial charge in [-0.05, 0) is 43.0 Å². The molecular weight excluding hydrogens is 438 g/mol. The Labute approximate surface area is 198 Å². The van der Waals surface area contributed by atoms with Crippen LogP contribution in [0.2, 0.25) is 0 Å². The van der Waals surface area contributed by atoms with E-state index < -0.39 is 24.0 Å². The summed E-state index contributed by atoms with van der Waals surface area (Å²) in [5.41, 5.74) is 1.33. The lowest BCUT2D eigenvalue weighted by atomic mass is 9.90. The highest BCUT2D eigenvalue weighted by Gasteiger charge is 2.30. The zero-order valence-corrected chi connectivity index (χ0v) is 19.8. The van der Waals surface area contributed by atoms with Crippen LogP contribution < -0.4 is 10.2 Å². The molecule has 0 radical (unpaired) electrons. The van der Waals surface area contributed by atoms with Gasteiger partial charge in [0.15, 0.2) is 6.61 Å². The first-order valence-electron chi connectivity index (χ1n) is 10.7. The Morgan fingerprint density at radius 1 is 1.18 bits per heavy atom. The van der Waals surface area contributed by atoms with Gasteiger partial charge in [0.25, 0.3) is 5.91 Å². The van der Waals surface area contributed by atoms with E-state index >= 15 is 0 Å². The fourth-order valence-corrected chi connectivity index (χ4v) is 4.33. The van der Waals surface area contributed by atoms with Crippen LogP contribution in [0.1, 0.15) is 36.7 Å². The van der Waals surface area contributed by atoms with Gasteiger partial charge in [0.2, 0.25) is 5.91 Å². The van der Waals surface area contributed by atoms with Crippen LogP contribution in [0, 0.1) is 17.2 Å². The molecule has 1 aliphatic heterocycles. The number of para-hydroxylation sites is 1. The van der Waals surface area contributed by atoms with Crippen LogP contribution in [0.3, 0.4) is 0 Å². The number of benzene rings is 2. The third-order valence-electron chi connectivity index (χ3n) is 5.77. The number of thioether (sulfide) groups is 1. The van der Waals surface area contributed by atoms with Gasteiger partial charge in [-0.15, -0.1) is 11.8 Å². The molecule has 3 rings (SSSR count). The van der Waals surface area contributed by atoms with Gasteiger partial charge in [0.05, 0.1) is 17.4 Å². The first kappa shape index (κ1) is 24.3. The molecule has 2 aromatic rings. The van der Waals surface area contributed by atoms with Crippen molar-refractivity contribution < 1.29 is 19.1 Å². The molecule has 0 bridgehead atoms. The van der Waals surface area contributed by atoms with Gasteiger partial charge in [-0.1, -0.05) is 44.2 Å². The summed E-state index contributed by atoms with van der Waals surface area (Å²) in [4.78, 5) is 40.0. The van der Waals surface area contributed by atoms with Crippen molar-refractivity contribution >= 4 is 35.2 Å². The van der Waals surface area contributed by atoms with E-state index in [-0.39, 0.29) is 23.1 Å². The molecule has 172 valence electrons. The van der Waals surface area contributed by atoms with Crippen LogP contribution in [0.25, 0.3) is 0 Å². The third kappa shape index (κ3) is 5.74. The zero-order valence-electron chi connectivity index (χ0n) is 19.0. The smallest absolute Gasteiger partial charge is 0.339 e. The number of fused-ring (bicyclic) bond motifs is 1. The first-order chi connectivity index (χ1) is 15.7. The molecule has 2 amide bonds. The van der Waals surface area contributed by atoms with Crippen LogP contribution in [0.5, 0.6) is 0 Å². The maximum Gasteiger partial charge on any atom is 0.339 e. The molecule has 1 unspecified atom stereocenters. The van der Waals surface area contributed by atoms with E-state index in [9.17, 15) is 19.6 Å². The molecule has 0 aliphatic carbocycles. The lowest BCUT2D eigenvalue weighted by Crippen LogP contribution is -2.50. The van der Waals surface area contributed by atoms with Gasteiger partial charge in [-0.3, -0.25) is 9.59 Å². The van der Waals surface area contributed by atoms with E-state index in [1.54, 1.807) is 36.1 Å². The Morgan fingerprint density at radius 3 is 2.61 bits per heavy atom. The highest BCUT2D eigenvalue weighted by Crippen LogP contribution is 2.30. The molecule has 7 nitrogen and oxygen atoms in total. The van der Waals surface area contributed by atoms with Gasteiger partial charge in [-0.2, -0.15) is 5.26 Å². The van der Waals surface area contributed by atoms with Gasteiger partial charge >= 0.3 is 5.97 Å². The van der Waals surface area contributed by atoms with E-state index in [1.807, 2.05) is 38.1 Å². The molecule has 0 spiro atoms. The van der Waals surface area contributed by atoms with Crippen molar-refractivity contribution in [2.75, 3.05) is 23.8 Å². The molecule has 0 fully saturated rings. The molecule has 33 heavy (non-hydrogen) atoms. The number of anilines is 1. The number of nitriles is 1. The second kappa shape index (κ2) is 10.5. The normalized spacial score (nSPS) is 14.2. The standard InChI is InChI=1S/C25H27N3O4S/c1-17(2)25(3,16-26)27-22(29)14-32-24(31)19-9-5-7-11-21(19)33-15-23(30)28-13-12-18-8-4-6-10-20(18)28/h4-11,17H,12-15H2,1-3H3,(H,27,29). The zero-order chi connectivity index (χ0) is 24.0. The largest absolute Gasteiger partial charge is 0.452 e. The van der Waals surface area contributed by atoms with Crippen molar-refractivity contribution in [3.05, 3.63) is 59.7 Å². The number of carbonyl (C=O) groups excluding carboxylic acids is 3. The summed E-state index contributed by atoms with van der Waals surface area (Å²) in [6, 6.07) is 16.8. The fourth-order valence-electron chi connectivity index (χ4n) is 3.41. The number of hydrogen-bond acceptors (Lipinski definition) is 6. The number of hydrogen-bond donors (Lipinski definition) is 1. The second-order valence-corrected chi connectivity index (χ2v) is 9.32. The Morgan fingerprint density at radius 2 is 1.88 bits per heavy atom. The molecule has 0 aromatic heterocycles. The van der Waals surface area contributed by atoms with Gasteiger partial charge in [-0.25, -0.2) is 4.79 Å². The Kier molecular flexibility index (Phi) is 7.77. The summed E-state index contributed by atoms with van der Waals surface area (Å²) in [7, 11) is 0. The topological polar surface area (TPSA) is 99.5 Å². The monoisotopic (exact) mass is 465 g/mol. The number of esters is 1. The molecule has 1 aliphatic rings. The lowest BCUT2D eigenvalue weighted by molar-refractivity contribution is -0.125. The SMILES string of the molecule is CC(C)C(C)(C#N)NC(=O)COC(=O)c1ccccc1SCC(=O)N1CCc2ccccc21. The molecular formula is C25H27N3O4S. The van der Waals surface area contributed by atoms with Gasteiger partial charge in [0.1, 0.15) is 5.54 Å². The van der Waals surface area contributed by atoms with Gasteiger partial charge < -0.3 is 15.0 Å². The first-order valence-corrected chi connectivity index (χ1v) is 11.7. The Bertz CT molecular complexity index is 1100. The maximum atomic E-state index is 12.8. The number of rotatable bonds is 8. The van der Waals surface area contributed by atoms with Crippen molar-refractivity contribution in [1.29, 1.82) is 5.26 Å². The van der Waals surface area contributed by atoms with E-state index in [4.69, 9.17) is 4.74 Å². The molecule has 1 heterocycles. The molecule has 8 heteroatoms. The van der Waals surface area contributed by atoms with Crippen LogP contribution >= 0.6 is 11.8 Å². The Hall–Kier alpha value is -3.31. The second-order valence-electron chi connectivity index (χ2n) is 8.30. The molecule has 1 N–H and O–H groups in total. The van der Waals surface area contributed by atoms with E-state index in [1.165, 1.54) is 11.8 Å². The van der Waals surface area contributed by atoms with Crippen molar-refractivity contribution in [3.63, 3.8) is 0 Å². The van der Waals surface area contributed by atoms with Gasteiger partial charge in [0, 0.05) is 17.1 Å². The molecule has 2 aromatic carbocycles. The van der Waals surface area contributed by atoms with Crippen LogP contribution in [-0.4, -0.2) is 42.2 Å².